The van der Waals surface area contributed by atoms with Crippen LogP contribution in [0.15, 0.2) is 18.6 Å². The Hall–Kier alpha value is -2.64. The van der Waals surface area contributed by atoms with Crippen LogP contribution >= 0.6 is 0 Å². The van der Waals surface area contributed by atoms with Gasteiger partial charge in [-0.2, -0.15) is 5.10 Å². The van der Waals surface area contributed by atoms with E-state index >= 15 is 0 Å². The van der Waals surface area contributed by atoms with Crippen LogP contribution in [0, 0.1) is 0 Å². The van der Waals surface area contributed by atoms with E-state index in [1.807, 2.05) is 16.7 Å². The number of rotatable bonds is 2. The molecule has 2 aliphatic rings. The lowest BCUT2D eigenvalue weighted by molar-refractivity contribution is -0.141. The number of aromatic amines is 1. The molecule has 0 bridgehead atoms. The first-order valence-corrected chi connectivity index (χ1v) is 9.17. The van der Waals surface area contributed by atoms with Crippen LogP contribution in [-0.4, -0.2) is 61.0 Å². The van der Waals surface area contributed by atoms with E-state index in [2.05, 4.69) is 15.1 Å². The largest absolute Gasteiger partial charge is 0.348 e. The van der Waals surface area contributed by atoms with Gasteiger partial charge in [0.15, 0.2) is 0 Å². The molecule has 26 heavy (non-hydrogen) atoms. The van der Waals surface area contributed by atoms with Gasteiger partial charge in [-0.3, -0.25) is 14.3 Å². The van der Waals surface area contributed by atoms with Gasteiger partial charge in [0.1, 0.15) is 5.69 Å². The SMILES string of the molecule is CCC(=O)N1CCc2[nH]cnc2C12CCN(C(=O)c1ccn(C)n1)CC2. The van der Waals surface area contributed by atoms with Gasteiger partial charge in [-0.05, 0) is 18.9 Å². The van der Waals surface area contributed by atoms with Crippen LogP contribution in [0.5, 0.6) is 0 Å². The van der Waals surface area contributed by atoms with E-state index in [0.717, 1.165) is 17.8 Å². The molecule has 0 aromatic carbocycles. The number of aryl methyl sites for hydroxylation is 1. The number of imidazole rings is 1. The molecule has 8 heteroatoms. The minimum atomic E-state index is -0.401. The predicted octanol–water partition coefficient (Wildman–Crippen LogP) is 1.07. The van der Waals surface area contributed by atoms with Gasteiger partial charge >= 0.3 is 0 Å². The van der Waals surface area contributed by atoms with Crippen LogP contribution in [-0.2, 0) is 23.8 Å². The van der Waals surface area contributed by atoms with Gasteiger partial charge in [0.2, 0.25) is 5.91 Å². The maximum Gasteiger partial charge on any atom is 0.274 e. The molecule has 138 valence electrons. The summed E-state index contributed by atoms with van der Waals surface area (Å²) in [6.45, 7) is 3.79. The molecule has 0 radical (unpaired) electrons. The molecule has 0 atom stereocenters. The van der Waals surface area contributed by atoms with Crippen molar-refractivity contribution in [2.75, 3.05) is 19.6 Å². The molecular formula is C18H24N6O2. The third-order valence-corrected chi connectivity index (χ3v) is 5.68. The van der Waals surface area contributed by atoms with Gasteiger partial charge in [-0.25, -0.2) is 4.98 Å². The molecule has 4 rings (SSSR count). The highest BCUT2D eigenvalue weighted by molar-refractivity contribution is 5.92. The van der Waals surface area contributed by atoms with E-state index in [0.29, 0.717) is 44.6 Å². The van der Waals surface area contributed by atoms with E-state index in [1.165, 1.54) is 0 Å². The number of hydrogen-bond donors (Lipinski definition) is 1. The van der Waals surface area contributed by atoms with E-state index in [1.54, 1.807) is 30.3 Å². The Morgan fingerprint density at radius 3 is 2.69 bits per heavy atom. The highest BCUT2D eigenvalue weighted by atomic mass is 16.2. The van der Waals surface area contributed by atoms with Crippen molar-refractivity contribution < 1.29 is 9.59 Å². The highest BCUT2D eigenvalue weighted by Crippen LogP contribution is 2.42. The van der Waals surface area contributed by atoms with E-state index in [-0.39, 0.29) is 11.8 Å². The smallest absolute Gasteiger partial charge is 0.274 e. The highest BCUT2D eigenvalue weighted by Gasteiger charge is 2.48. The number of carbonyl (C=O) groups is 2. The van der Waals surface area contributed by atoms with Crippen LogP contribution in [0.4, 0.5) is 0 Å². The Bertz CT molecular complexity index is 830. The van der Waals surface area contributed by atoms with Crippen molar-refractivity contribution in [3.63, 3.8) is 0 Å². The minimum absolute atomic E-state index is 0.0492. The van der Waals surface area contributed by atoms with Crippen molar-refractivity contribution in [3.8, 4) is 0 Å². The Morgan fingerprint density at radius 2 is 2.04 bits per heavy atom. The molecule has 8 nitrogen and oxygen atoms in total. The van der Waals surface area contributed by atoms with Crippen molar-refractivity contribution in [2.45, 2.75) is 38.1 Å². The average molecular weight is 356 g/mol. The number of H-pyrrole nitrogens is 1. The first kappa shape index (κ1) is 16.8. The number of carbonyl (C=O) groups excluding carboxylic acids is 2. The van der Waals surface area contributed by atoms with Gasteiger partial charge in [0, 0.05) is 51.4 Å². The van der Waals surface area contributed by atoms with Gasteiger partial charge < -0.3 is 14.8 Å². The molecule has 4 heterocycles. The van der Waals surface area contributed by atoms with E-state index in [9.17, 15) is 9.59 Å². The molecule has 0 unspecified atom stereocenters. The van der Waals surface area contributed by atoms with Gasteiger partial charge in [-0.15, -0.1) is 0 Å². The predicted molar refractivity (Wildman–Crippen MR) is 94.3 cm³/mol. The van der Waals surface area contributed by atoms with Gasteiger partial charge in [-0.1, -0.05) is 6.92 Å². The average Bonchev–Trinajstić information content (AvgIpc) is 3.31. The summed E-state index contributed by atoms with van der Waals surface area (Å²) in [6.07, 6.45) is 6.19. The quantitative estimate of drug-likeness (QED) is 0.872. The minimum Gasteiger partial charge on any atom is -0.348 e. The third kappa shape index (κ3) is 2.51. The van der Waals surface area contributed by atoms with Crippen LogP contribution in [0.1, 0.15) is 48.1 Å². The summed E-state index contributed by atoms with van der Waals surface area (Å²) in [4.78, 5) is 36.9. The topological polar surface area (TPSA) is 87.1 Å². The number of likely N-dealkylation sites (tertiary alicyclic amines) is 1. The summed E-state index contributed by atoms with van der Waals surface area (Å²) in [7, 11) is 1.80. The number of fused-ring (bicyclic) bond motifs is 2. The maximum atomic E-state index is 12.7. The van der Waals surface area contributed by atoms with Crippen molar-refractivity contribution in [1.29, 1.82) is 0 Å². The molecule has 1 fully saturated rings. The molecule has 2 amide bonds. The summed E-state index contributed by atoms with van der Waals surface area (Å²) in [5, 5.41) is 4.22. The summed E-state index contributed by atoms with van der Waals surface area (Å²) >= 11 is 0. The first-order chi connectivity index (χ1) is 12.5. The molecule has 0 aliphatic carbocycles. The summed E-state index contributed by atoms with van der Waals surface area (Å²) in [5.41, 5.74) is 2.17. The van der Waals surface area contributed by atoms with Crippen molar-refractivity contribution in [2.24, 2.45) is 7.05 Å². The fourth-order valence-corrected chi connectivity index (χ4v) is 4.31. The first-order valence-electron chi connectivity index (χ1n) is 9.17. The number of aromatic nitrogens is 4. The number of hydrogen-bond acceptors (Lipinski definition) is 4. The second kappa shape index (κ2) is 6.26. The lowest BCUT2D eigenvalue weighted by atomic mass is 9.78. The van der Waals surface area contributed by atoms with E-state index < -0.39 is 5.54 Å². The zero-order chi connectivity index (χ0) is 18.3. The van der Waals surface area contributed by atoms with Crippen LogP contribution in [0.2, 0.25) is 0 Å². The van der Waals surface area contributed by atoms with Crippen molar-refractivity contribution in [1.82, 2.24) is 29.5 Å². The Kier molecular flexibility index (Phi) is 4.05. The van der Waals surface area contributed by atoms with E-state index in [4.69, 9.17) is 0 Å². The number of amides is 2. The standard InChI is InChI=1S/C18H24N6O2/c1-3-15(25)24-9-5-13-16(20-12-19-13)18(24)6-10-23(11-7-18)17(26)14-4-8-22(2)21-14/h4,8,12H,3,5-7,9-11H2,1-2H3,(H,19,20). The van der Waals surface area contributed by atoms with Gasteiger partial charge in [0.05, 0.1) is 17.6 Å². The fourth-order valence-electron chi connectivity index (χ4n) is 4.31. The zero-order valence-corrected chi connectivity index (χ0v) is 15.2. The second-order valence-electron chi connectivity index (χ2n) is 7.08. The molecule has 1 N–H and O–H groups in total. The van der Waals surface area contributed by atoms with Crippen LogP contribution < -0.4 is 0 Å². The molecule has 2 aliphatic heterocycles. The molecule has 2 aromatic rings. The lowest BCUT2D eigenvalue weighted by Gasteiger charge is -2.50. The molecule has 1 saturated heterocycles. The Morgan fingerprint density at radius 1 is 1.27 bits per heavy atom. The second-order valence-corrected chi connectivity index (χ2v) is 7.08. The zero-order valence-electron chi connectivity index (χ0n) is 15.2. The number of piperidine rings is 1. The molecule has 1 spiro atoms. The van der Waals surface area contributed by atoms with Crippen molar-refractivity contribution >= 4 is 11.8 Å². The third-order valence-electron chi connectivity index (χ3n) is 5.68. The summed E-state index contributed by atoms with van der Waals surface area (Å²) < 4.78 is 1.64. The summed E-state index contributed by atoms with van der Waals surface area (Å²) in [6, 6.07) is 1.74. The van der Waals surface area contributed by atoms with Crippen molar-refractivity contribution in [3.05, 3.63) is 35.7 Å². The van der Waals surface area contributed by atoms with Crippen LogP contribution in [0.3, 0.4) is 0 Å². The molecule has 0 saturated carbocycles. The Balaban J connectivity index is 1.59. The lowest BCUT2D eigenvalue weighted by Crippen LogP contribution is -2.58. The maximum absolute atomic E-state index is 12.7. The van der Waals surface area contributed by atoms with Crippen LogP contribution in [0.25, 0.3) is 0 Å². The number of nitrogens with zero attached hydrogens (tertiary/aromatic N) is 5. The molecule has 2 aromatic heterocycles. The fraction of sp³-hybridized carbons (Fsp3) is 0.556. The summed E-state index contributed by atoms with van der Waals surface area (Å²) in [5.74, 6) is 0.107. The normalized spacial score (nSPS) is 18.8. The van der Waals surface area contributed by atoms with Gasteiger partial charge in [0.25, 0.3) is 5.91 Å². The Labute approximate surface area is 152 Å². The molecular weight excluding hydrogens is 332 g/mol. The monoisotopic (exact) mass is 356 g/mol. The number of nitrogens with one attached hydrogen (secondary N) is 1.